The molecule has 0 unspecified atom stereocenters. The van der Waals surface area contributed by atoms with Gasteiger partial charge < -0.3 is 9.15 Å². The molecule has 2 rings (SSSR count). The highest BCUT2D eigenvalue weighted by molar-refractivity contribution is 7.92. The van der Waals surface area contributed by atoms with Crippen LogP contribution in [-0.4, -0.2) is 26.0 Å². The van der Waals surface area contributed by atoms with E-state index in [1.807, 2.05) is 0 Å². The topological polar surface area (TPSA) is 98.5 Å². The van der Waals surface area contributed by atoms with E-state index < -0.39 is 16.0 Å². The van der Waals surface area contributed by atoms with Crippen LogP contribution in [0.4, 0.5) is 6.01 Å². The molecule has 8 heteroatoms. The molecule has 1 aromatic carbocycles. The van der Waals surface area contributed by atoms with E-state index in [1.54, 1.807) is 25.1 Å². The van der Waals surface area contributed by atoms with Crippen molar-refractivity contribution in [2.75, 3.05) is 11.3 Å². The monoisotopic (exact) mass is 296 g/mol. The van der Waals surface area contributed by atoms with Gasteiger partial charge in [-0.3, -0.25) is 0 Å². The van der Waals surface area contributed by atoms with Crippen LogP contribution in [0.5, 0.6) is 0 Å². The van der Waals surface area contributed by atoms with Gasteiger partial charge in [0, 0.05) is 0 Å². The Morgan fingerprint density at radius 2 is 2.05 bits per heavy atom. The van der Waals surface area contributed by atoms with Crippen molar-refractivity contribution in [3.05, 3.63) is 42.3 Å². The number of benzene rings is 1. The van der Waals surface area contributed by atoms with Crippen molar-refractivity contribution in [1.82, 2.24) is 4.98 Å². The summed E-state index contributed by atoms with van der Waals surface area (Å²) in [6.45, 7) is 1.84. The van der Waals surface area contributed by atoms with Crippen LogP contribution in [0.3, 0.4) is 0 Å². The molecule has 0 saturated carbocycles. The van der Waals surface area contributed by atoms with E-state index >= 15 is 0 Å². The first-order chi connectivity index (χ1) is 9.53. The molecule has 1 aromatic heterocycles. The number of sulfonamides is 1. The molecule has 0 aliphatic carbocycles. The fourth-order valence-electron chi connectivity index (χ4n) is 1.39. The van der Waals surface area contributed by atoms with Gasteiger partial charge in [-0.05, 0) is 19.1 Å². The van der Waals surface area contributed by atoms with Gasteiger partial charge in [-0.15, -0.1) is 0 Å². The standard InChI is InChI=1S/C12H12N2O5S/c1-2-18-11(15)10-8-19-12(13-10)14-20(16,17)9-6-4-3-5-7-9/h3-8H,2H2,1H3,(H,13,14). The molecule has 20 heavy (non-hydrogen) atoms. The fraction of sp³-hybridized carbons (Fsp3) is 0.167. The average Bonchev–Trinajstić information content (AvgIpc) is 2.88. The summed E-state index contributed by atoms with van der Waals surface area (Å²) in [4.78, 5) is 15.1. The van der Waals surface area contributed by atoms with Gasteiger partial charge in [0.05, 0.1) is 11.5 Å². The van der Waals surface area contributed by atoms with Crippen molar-refractivity contribution >= 4 is 22.0 Å². The number of anilines is 1. The van der Waals surface area contributed by atoms with Gasteiger partial charge in [0.15, 0.2) is 5.69 Å². The number of aromatic nitrogens is 1. The number of oxazole rings is 1. The van der Waals surface area contributed by atoms with Crippen molar-refractivity contribution in [2.45, 2.75) is 11.8 Å². The van der Waals surface area contributed by atoms with Crippen molar-refractivity contribution in [3.63, 3.8) is 0 Å². The summed E-state index contributed by atoms with van der Waals surface area (Å²) in [6, 6.07) is 7.44. The summed E-state index contributed by atoms with van der Waals surface area (Å²) < 4.78 is 35.7. The molecular formula is C12H12N2O5S. The molecule has 0 aliphatic heterocycles. The molecule has 0 fully saturated rings. The van der Waals surface area contributed by atoms with Crippen molar-refractivity contribution < 1.29 is 22.4 Å². The highest BCUT2D eigenvalue weighted by Crippen LogP contribution is 2.15. The van der Waals surface area contributed by atoms with Crippen LogP contribution in [0.2, 0.25) is 0 Å². The number of carbonyl (C=O) groups is 1. The van der Waals surface area contributed by atoms with E-state index in [-0.39, 0.29) is 23.2 Å². The highest BCUT2D eigenvalue weighted by Gasteiger charge is 2.19. The van der Waals surface area contributed by atoms with Crippen molar-refractivity contribution in [1.29, 1.82) is 0 Å². The maximum absolute atomic E-state index is 12.0. The SMILES string of the molecule is CCOC(=O)c1coc(NS(=O)(=O)c2ccccc2)n1. The Hall–Kier alpha value is -2.35. The number of rotatable bonds is 5. The van der Waals surface area contributed by atoms with Crippen LogP contribution in [-0.2, 0) is 14.8 Å². The van der Waals surface area contributed by atoms with Gasteiger partial charge in [0.25, 0.3) is 10.0 Å². The average molecular weight is 296 g/mol. The second-order valence-electron chi connectivity index (χ2n) is 3.68. The van der Waals surface area contributed by atoms with E-state index in [1.165, 1.54) is 12.1 Å². The lowest BCUT2D eigenvalue weighted by atomic mass is 10.4. The number of hydrogen-bond donors (Lipinski definition) is 1. The predicted molar refractivity (Wildman–Crippen MR) is 69.7 cm³/mol. The van der Waals surface area contributed by atoms with Crippen LogP contribution in [0.15, 0.2) is 45.9 Å². The molecule has 106 valence electrons. The zero-order valence-corrected chi connectivity index (χ0v) is 11.4. The lowest BCUT2D eigenvalue weighted by Gasteiger charge is -2.03. The Kier molecular flexibility index (Phi) is 4.04. The normalized spacial score (nSPS) is 11.1. The maximum Gasteiger partial charge on any atom is 0.360 e. The van der Waals surface area contributed by atoms with E-state index in [0.717, 1.165) is 6.26 Å². The summed E-state index contributed by atoms with van der Waals surface area (Å²) in [5.41, 5.74) is -0.0994. The molecule has 0 bridgehead atoms. The number of esters is 1. The molecule has 0 saturated heterocycles. The molecule has 1 heterocycles. The zero-order chi connectivity index (χ0) is 14.6. The molecule has 0 aliphatic rings. The fourth-order valence-corrected chi connectivity index (χ4v) is 2.35. The van der Waals surface area contributed by atoms with Gasteiger partial charge in [0.1, 0.15) is 6.26 Å². The third kappa shape index (κ3) is 3.15. The largest absolute Gasteiger partial charge is 0.461 e. The molecule has 1 N–H and O–H groups in total. The number of ether oxygens (including phenoxy) is 1. The Morgan fingerprint density at radius 3 is 2.70 bits per heavy atom. The van der Waals surface area contributed by atoms with Gasteiger partial charge in [-0.1, -0.05) is 18.2 Å². The summed E-state index contributed by atoms with van der Waals surface area (Å²) >= 11 is 0. The van der Waals surface area contributed by atoms with Gasteiger partial charge >= 0.3 is 12.0 Å². The lowest BCUT2D eigenvalue weighted by Crippen LogP contribution is -2.13. The van der Waals surface area contributed by atoms with Crippen LogP contribution < -0.4 is 4.72 Å². The van der Waals surface area contributed by atoms with E-state index in [9.17, 15) is 13.2 Å². The minimum absolute atomic E-state index is 0.0656. The summed E-state index contributed by atoms with van der Waals surface area (Å²) in [6.07, 6.45) is 1.03. The molecule has 0 amide bonds. The van der Waals surface area contributed by atoms with E-state index in [0.29, 0.717) is 0 Å². The maximum atomic E-state index is 12.0. The second-order valence-corrected chi connectivity index (χ2v) is 5.36. The van der Waals surface area contributed by atoms with Crippen LogP contribution >= 0.6 is 0 Å². The first-order valence-corrected chi connectivity index (χ1v) is 7.22. The lowest BCUT2D eigenvalue weighted by molar-refractivity contribution is 0.0519. The Bertz CT molecular complexity index is 694. The summed E-state index contributed by atoms with van der Waals surface area (Å²) in [5, 5.41) is 0. The van der Waals surface area contributed by atoms with E-state index in [2.05, 4.69) is 9.71 Å². The number of hydrogen-bond acceptors (Lipinski definition) is 6. The van der Waals surface area contributed by atoms with Crippen molar-refractivity contribution in [2.24, 2.45) is 0 Å². The first kappa shape index (κ1) is 14.1. The Balaban J connectivity index is 2.17. The molecule has 0 radical (unpaired) electrons. The van der Waals surface area contributed by atoms with Crippen LogP contribution in [0.1, 0.15) is 17.4 Å². The van der Waals surface area contributed by atoms with Crippen molar-refractivity contribution in [3.8, 4) is 0 Å². The summed E-state index contributed by atoms with van der Waals surface area (Å²) in [5.74, 6) is -0.679. The van der Waals surface area contributed by atoms with Gasteiger partial charge in [0.2, 0.25) is 0 Å². The van der Waals surface area contributed by atoms with Crippen LogP contribution in [0, 0.1) is 0 Å². The number of nitrogens with one attached hydrogen (secondary N) is 1. The van der Waals surface area contributed by atoms with Gasteiger partial charge in [-0.2, -0.15) is 4.98 Å². The highest BCUT2D eigenvalue weighted by atomic mass is 32.2. The molecule has 0 spiro atoms. The quantitative estimate of drug-likeness (QED) is 0.842. The Labute approximate surface area is 115 Å². The smallest absolute Gasteiger partial charge is 0.360 e. The van der Waals surface area contributed by atoms with E-state index in [4.69, 9.17) is 9.15 Å². The molecule has 2 aromatic rings. The number of nitrogens with zero attached hydrogens (tertiary/aromatic N) is 1. The molecule has 7 nitrogen and oxygen atoms in total. The minimum atomic E-state index is -3.80. The second kappa shape index (κ2) is 5.74. The molecule has 0 atom stereocenters. The zero-order valence-electron chi connectivity index (χ0n) is 10.6. The third-order valence-electron chi connectivity index (χ3n) is 2.26. The summed E-state index contributed by atoms with van der Waals surface area (Å²) in [7, 11) is -3.80. The minimum Gasteiger partial charge on any atom is -0.461 e. The van der Waals surface area contributed by atoms with Crippen LogP contribution in [0.25, 0.3) is 0 Å². The predicted octanol–water partition coefficient (Wildman–Crippen LogP) is 1.65. The van der Waals surface area contributed by atoms with Gasteiger partial charge in [-0.25, -0.2) is 17.9 Å². The Morgan fingerprint density at radius 1 is 1.35 bits per heavy atom. The third-order valence-corrected chi connectivity index (χ3v) is 3.60. The number of carbonyl (C=O) groups excluding carboxylic acids is 1. The molecular weight excluding hydrogens is 284 g/mol. The first-order valence-electron chi connectivity index (χ1n) is 5.73.